The highest BCUT2D eigenvalue weighted by atomic mass is 79.9. The van der Waals surface area contributed by atoms with Gasteiger partial charge in [0.15, 0.2) is 0 Å². The standard InChI is InChI=1S/C14H10BrF4NS/c15-10-7-9(5-6-11(10)16)8-20-12-3-1-2-4-13(12)21-14(17,18)19/h1-7,20H,8H2. The van der Waals surface area contributed by atoms with E-state index in [2.05, 4.69) is 21.2 Å². The smallest absolute Gasteiger partial charge is 0.380 e. The van der Waals surface area contributed by atoms with E-state index in [0.29, 0.717) is 16.7 Å². The summed E-state index contributed by atoms with van der Waals surface area (Å²) >= 11 is 2.91. The predicted octanol–water partition coefficient (Wildman–Crippen LogP) is 5.81. The second-order valence-electron chi connectivity index (χ2n) is 4.15. The Morgan fingerprint density at radius 1 is 1.10 bits per heavy atom. The Hall–Kier alpha value is -1.21. The van der Waals surface area contributed by atoms with Crippen LogP contribution in [0.4, 0.5) is 23.2 Å². The highest BCUT2D eigenvalue weighted by molar-refractivity contribution is 9.10. The van der Waals surface area contributed by atoms with Gasteiger partial charge in [0, 0.05) is 17.1 Å². The normalized spacial score (nSPS) is 11.5. The fourth-order valence-electron chi connectivity index (χ4n) is 1.67. The largest absolute Gasteiger partial charge is 0.446 e. The molecule has 0 heterocycles. The maximum atomic E-state index is 13.1. The lowest BCUT2D eigenvalue weighted by molar-refractivity contribution is -0.0327. The lowest BCUT2D eigenvalue weighted by Crippen LogP contribution is -2.04. The van der Waals surface area contributed by atoms with Gasteiger partial charge in [-0.3, -0.25) is 0 Å². The first kappa shape index (κ1) is 16.2. The van der Waals surface area contributed by atoms with Gasteiger partial charge >= 0.3 is 5.51 Å². The minimum Gasteiger partial charge on any atom is -0.380 e. The molecule has 0 aromatic heterocycles. The number of rotatable bonds is 4. The molecule has 0 atom stereocenters. The zero-order valence-corrected chi connectivity index (χ0v) is 12.9. The van der Waals surface area contributed by atoms with Gasteiger partial charge in [-0.05, 0) is 57.5 Å². The first-order valence-corrected chi connectivity index (χ1v) is 7.49. The Balaban J connectivity index is 2.11. The number of nitrogens with one attached hydrogen (secondary N) is 1. The number of alkyl halides is 3. The second kappa shape index (κ2) is 6.70. The number of hydrogen-bond donors (Lipinski definition) is 1. The van der Waals surface area contributed by atoms with E-state index in [1.165, 1.54) is 12.1 Å². The van der Waals surface area contributed by atoms with E-state index in [1.54, 1.807) is 30.3 Å². The number of anilines is 1. The average Bonchev–Trinajstić information content (AvgIpc) is 2.40. The molecule has 0 radical (unpaired) electrons. The fourth-order valence-corrected chi connectivity index (χ4v) is 2.75. The van der Waals surface area contributed by atoms with E-state index < -0.39 is 5.51 Å². The topological polar surface area (TPSA) is 12.0 Å². The summed E-state index contributed by atoms with van der Waals surface area (Å²) in [6.07, 6.45) is 0. The van der Waals surface area contributed by atoms with E-state index in [0.717, 1.165) is 5.56 Å². The molecule has 2 aromatic carbocycles. The molecular formula is C14H10BrF4NS. The van der Waals surface area contributed by atoms with Gasteiger partial charge in [0.2, 0.25) is 0 Å². The van der Waals surface area contributed by atoms with Gasteiger partial charge in [0.05, 0.1) is 4.47 Å². The number of halogens is 5. The van der Waals surface area contributed by atoms with Crippen LogP contribution in [0.15, 0.2) is 51.8 Å². The van der Waals surface area contributed by atoms with E-state index in [4.69, 9.17) is 0 Å². The summed E-state index contributed by atoms with van der Waals surface area (Å²) in [5.74, 6) is -0.383. The summed E-state index contributed by atoms with van der Waals surface area (Å²) in [7, 11) is 0. The van der Waals surface area contributed by atoms with E-state index in [9.17, 15) is 17.6 Å². The predicted molar refractivity (Wildman–Crippen MR) is 79.8 cm³/mol. The average molecular weight is 380 g/mol. The number of para-hydroxylation sites is 1. The van der Waals surface area contributed by atoms with Gasteiger partial charge in [0.1, 0.15) is 5.82 Å². The van der Waals surface area contributed by atoms with Crippen molar-refractivity contribution in [2.75, 3.05) is 5.32 Å². The number of thioether (sulfide) groups is 1. The summed E-state index contributed by atoms with van der Waals surface area (Å²) in [4.78, 5) is 0.103. The van der Waals surface area contributed by atoms with E-state index >= 15 is 0 Å². The van der Waals surface area contributed by atoms with Gasteiger partial charge in [-0.2, -0.15) is 13.2 Å². The molecule has 2 aromatic rings. The summed E-state index contributed by atoms with van der Waals surface area (Å²) in [5, 5.41) is 2.93. The van der Waals surface area contributed by atoms with Crippen LogP contribution in [0.3, 0.4) is 0 Å². The first-order chi connectivity index (χ1) is 9.85. The SMILES string of the molecule is Fc1ccc(CNc2ccccc2SC(F)(F)F)cc1Br. The molecule has 0 aliphatic rings. The lowest BCUT2D eigenvalue weighted by Gasteiger charge is -2.13. The Kier molecular flexibility index (Phi) is 5.16. The van der Waals surface area contributed by atoms with Gasteiger partial charge in [-0.1, -0.05) is 18.2 Å². The number of benzene rings is 2. The third kappa shape index (κ3) is 4.93. The van der Waals surface area contributed by atoms with Crippen LogP contribution in [0.1, 0.15) is 5.56 Å². The van der Waals surface area contributed by atoms with E-state index in [-0.39, 0.29) is 22.5 Å². The van der Waals surface area contributed by atoms with Crippen molar-refractivity contribution in [2.24, 2.45) is 0 Å². The summed E-state index contributed by atoms with van der Waals surface area (Å²) in [6, 6.07) is 10.6. The highest BCUT2D eigenvalue weighted by Crippen LogP contribution is 2.40. The lowest BCUT2D eigenvalue weighted by atomic mass is 10.2. The van der Waals surface area contributed by atoms with Crippen molar-refractivity contribution in [1.29, 1.82) is 0 Å². The molecule has 0 aliphatic carbocycles. The molecule has 0 spiro atoms. The van der Waals surface area contributed by atoms with Gasteiger partial charge in [-0.25, -0.2) is 4.39 Å². The minimum absolute atomic E-state index is 0.103. The second-order valence-corrected chi connectivity index (χ2v) is 6.11. The molecule has 112 valence electrons. The molecule has 0 saturated carbocycles. The van der Waals surface area contributed by atoms with Crippen LogP contribution in [0.5, 0.6) is 0 Å². The van der Waals surface area contributed by atoms with Crippen LogP contribution in [-0.4, -0.2) is 5.51 Å². The van der Waals surface area contributed by atoms with Crippen molar-refractivity contribution in [3.63, 3.8) is 0 Å². The monoisotopic (exact) mass is 379 g/mol. The van der Waals surface area contributed by atoms with Gasteiger partial charge in [0.25, 0.3) is 0 Å². The minimum atomic E-state index is -4.34. The maximum absolute atomic E-state index is 13.1. The van der Waals surface area contributed by atoms with Crippen LogP contribution in [0.2, 0.25) is 0 Å². The molecule has 0 aliphatic heterocycles. The summed E-state index contributed by atoms with van der Waals surface area (Å²) in [5.41, 5.74) is -3.19. The van der Waals surface area contributed by atoms with Crippen molar-refractivity contribution >= 4 is 33.4 Å². The molecule has 0 fully saturated rings. The molecule has 0 bridgehead atoms. The molecule has 2 rings (SSSR count). The van der Waals surface area contributed by atoms with Crippen molar-refractivity contribution in [2.45, 2.75) is 16.9 Å². The third-order valence-electron chi connectivity index (χ3n) is 2.58. The van der Waals surface area contributed by atoms with Crippen molar-refractivity contribution in [3.05, 3.63) is 58.3 Å². The molecule has 0 saturated heterocycles. The van der Waals surface area contributed by atoms with Crippen LogP contribution in [-0.2, 0) is 6.54 Å². The first-order valence-electron chi connectivity index (χ1n) is 5.88. The van der Waals surface area contributed by atoms with Crippen molar-refractivity contribution in [1.82, 2.24) is 0 Å². The van der Waals surface area contributed by atoms with Crippen LogP contribution >= 0.6 is 27.7 Å². The summed E-state index contributed by atoms with van der Waals surface area (Å²) < 4.78 is 50.8. The Labute approximate surface area is 131 Å². The highest BCUT2D eigenvalue weighted by Gasteiger charge is 2.30. The number of hydrogen-bond acceptors (Lipinski definition) is 2. The van der Waals surface area contributed by atoms with Crippen molar-refractivity contribution < 1.29 is 17.6 Å². The van der Waals surface area contributed by atoms with Gasteiger partial charge in [-0.15, -0.1) is 0 Å². The molecule has 0 unspecified atom stereocenters. The van der Waals surface area contributed by atoms with Crippen LogP contribution < -0.4 is 5.32 Å². The van der Waals surface area contributed by atoms with E-state index in [1.807, 2.05) is 0 Å². The van der Waals surface area contributed by atoms with Crippen LogP contribution in [0, 0.1) is 5.82 Å². The van der Waals surface area contributed by atoms with Gasteiger partial charge < -0.3 is 5.32 Å². The molecule has 21 heavy (non-hydrogen) atoms. The molecule has 1 nitrogen and oxygen atoms in total. The van der Waals surface area contributed by atoms with Crippen LogP contribution in [0.25, 0.3) is 0 Å². The Morgan fingerprint density at radius 3 is 2.48 bits per heavy atom. The Morgan fingerprint density at radius 2 is 1.81 bits per heavy atom. The maximum Gasteiger partial charge on any atom is 0.446 e. The zero-order chi connectivity index (χ0) is 15.5. The quantitative estimate of drug-likeness (QED) is 0.531. The molecule has 0 amide bonds. The summed E-state index contributed by atoms with van der Waals surface area (Å²) in [6.45, 7) is 0.300. The zero-order valence-electron chi connectivity index (χ0n) is 10.5. The molecule has 1 N–H and O–H groups in total. The molecule has 7 heteroatoms. The fraction of sp³-hybridized carbons (Fsp3) is 0.143. The Bertz CT molecular complexity index is 631. The third-order valence-corrected chi connectivity index (χ3v) is 3.99. The van der Waals surface area contributed by atoms with Crippen molar-refractivity contribution in [3.8, 4) is 0 Å². The molecular weight excluding hydrogens is 370 g/mol.